The van der Waals surface area contributed by atoms with E-state index in [4.69, 9.17) is 20.8 Å². The maximum absolute atomic E-state index is 12.6. The molecule has 7 nitrogen and oxygen atoms in total. The largest absolute Gasteiger partial charge is 0.449 e. The molecule has 2 aromatic carbocycles. The van der Waals surface area contributed by atoms with Crippen molar-refractivity contribution in [1.29, 1.82) is 0 Å². The van der Waals surface area contributed by atoms with Gasteiger partial charge in [-0.15, -0.1) is 10.2 Å². The summed E-state index contributed by atoms with van der Waals surface area (Å²) in [6.07, 6.45) is 0.505. The van der Waals surface area contributed by atoms with Gasteiger partial charge in [0.2, 0.25) is 11.8 Å². The number of halogens is 1. The SMILES string of the molecule is C[C@@H](OC(=O)c1ccc(Cl)c(N2CCCC2=O)c1)c1nnc(-c2ccccc2)o1. The lowest BCUT2D eigenvalue weighted by Gasteiger charge is -2.18. The fourth-order valence-corrected chi connectivity index (χ4v) is 3.34. The molecule has 1 aliphatic rings. The minimum Gasteiger partial charge on any atom is -0.449 e. The number of benzene rings is 2. The third-order valence-corrected chi connectivity index (χ3v) is 4.96. The predicted octanol–water partition coefficient (Wildman–Crippen LogP) is 4.43. The molecule has 1 fully saturated rings. The van der Waals surface area contributed by atoms with Crippen LogP contribution in [0.15, 0.2) is 52.9 Å². The zero-order valence-electron chi connectivity index (χ0n) is 15.7. The van der Waals surface area contributed by atoms with Crippen LogP contribution in [0.1, 0.15) is 42.1 Å². The summed E-state index contributed by atoms with van der Waals surface area (Å²) >= 11 is 6.23. The van der Waals surface area contributed by atoms with Gasteiger partial charge in [-0.25, -0.2) is 4.79 Å². The summed E-state index contributed by atoms with van der Waals surface area (Å²) in [7, 11) is 0. The topological polar surface area (TPSA) is 85.5 Å². The molecule has 0 N–H and O–H groups in total. The van der Waals surface area contributed by atoms with Crippen molar-refractivity contribution in [2.45, 2.75) is 25.9 Å². The van der Waals surface area contributed by atoms with Gasteiger partial charge in [-0.3, -0.25) is 4.79 Å². The van der Waals surface area contributed by atoms with Crippen molar-refractivity contribution in [3.8, 4) is 11.5 Å². The van der Waals surface area contributed by atoms with Crippen LogP contribution in [0.5, 0.6) is 0 Å². The van der Waals surface area contributed by atoms with Gasteiger partial charge < -0.3 is 14.1 Å². The van der Waals surface area contributed by atoms with Gasteiger partial charge in [0.25, 0.3) is 5.89 Å². The number of carbonyl (C=O) groups excluding carboxylic acids is 2. The molecule has 1 atom stereocenters. The molecule has 4 rings (SSSR count). The van der Waals surface area contributed by atoms with Crippen LogP contribution in [0.25, 0.3) is 11.5 Å². The first-order valence-corrected chi connectivity index (χ1v) is 9.60. The average Bonchev–Trinajstić information content (AvgIpc) is 3.38. The summed E-state index contributed by atoms with van der Waals surface area (Å²) in [6, 6.07) is 14.0. The molecule has 8 heteroatoms. The van der Waals surface area contributed by atoms with Gasteiger partial charge in [-0.1, -0.05) is 29.8 Å². The molecule has 1 saturated heterocycles. The molecule has 1 aromatic heterocycles. The van der Waals surface area contributed by atoms with E-state index in [0.717, 1.165) is 12.0 Å². The number of ether oxygens (including phenoxy) is 1. The second kappa shape index (κ2) is 8.05. The Morgan fingerprint density at radius 3 is 2.72 bits per heavy atom. The van der Waals surface area contributed by atoms with Gasteiger partial charge in [0, 0.05) is 18.5 Å². The first-order valence-electron chi connectivity index (χ1n) is 9.22. The van der Waals surface area contributed by atoms with E-state index in [-0.39, 0.29) is 11.8 Å². The number of anilines is 1. The molecule has 1 amide bonds. The van der Waals surface area contributed by atoms with Gasteiger partial charge in [0.1, 0.15) is 0 Å². The van der Waals surface area contributed by atoms with Crippen molar-refractivity contribution in [2.75, 3.05) is 11.4 Å². The van der Waals surface area contributed by atoms with Gasteiger partial charge in [-0.05, 0) is 43.7 Å². The van der Waals surface area contributed by atoms with E-state index in [1.165, 1.54) is 0 Å². The van der Waals surface area contributed by atoms with Crippen molar-refractivity contribution in [1.82, 2.24) is 10.2 Å². The van der Waals surface area contributed by atoms with E-state index < -0.39 is 12.1 Å². The second-order valence-corrected chi connectivity index (χ2v) is 7.08. The van der Waals surface area contributed by atoms with Crippen molar-refractivity contribution in [2.24, 2.45) is 0 Å². The van der Waals surface area contributed by atoms with E-state index in [2.05, 4.69) is 10.2 Å². The third kappa shape index (κ3) is 4.00. The number of hydrogen-bond acceptors (Lipinski definition) is 6. The van der Waals surface area contributed by atoms with Crippen molar-refractivity contribution in [3.05, 3.63) is 65.0 Å². The Bertz CT molecular complexity index is 1050. The number of hydrogen-bond donors (Lipinski definition) is 0. The van der Waals surface area contributed by atoms with Gasteiger partial charge in [0.05, 0.1) is 16.3 Å². The fourth-order valence-electron chi connectivity index (χ4n) is 3.12. The maximum Gasteiger partial charge on any atom is 0.338 e. The summed E-state index contributed by atoms with van der Waals surface area (Å²) in [5, 5.41) is 8.39. The van der Waals surface area contributed by atoms with E-state index >= 15 is 0 Å². The first-order chi connectivity index (χ1) is 14.0. The fraction of sp³-hybridized carbons (Fsp3) is 0.238. The molecule has 0 radical (unpaired) electrons. The zero-order chi connectivity index (χ0) is 20.4. The van der Waals surface area contributed by atoms with Crippen LogP contribution >= 0.6 is 11.6 Å². The van der Waals surface area contributed by atoms with Crippen LogP contribution in [0, 0.1) is 0 Å². The summed E-state index contributed by atoms with van der Waals surface area (Å²) in [4.78, 5) is 26.2. The summed E-state index contributed by atoms with van der Waals surface area (Å²) in [6.45, 7) is 2.23. The van der Waals surface area contributed by atoms with Crippen LogP contribution in [-0.2, 0) is 9.53 Å². The molecule has 0 spiro atoms. The predicted molar refractivity (Wildman–Crippen MR) is 107 cm³/mol. The highest BCUT2D eigenvalue weighted by Gasteiger charge is 2.26. The molecule has 148 valence electrons. The summed E-state index contributed by atoms with van der Waals surface area (Å²) in [5.74, 6) is -0.0301. The Balaban J connectivity index is 1.49. The maximum atomic E-state index is 12.6. The minimum atomic E-state index is -0.736. The summed E-state index contributed by atoms with van der Waals surface area (Å²) in [5.41, 5.74) is 1.58. The van der Waals surface area contributed by atoms with Crippen molar-refractivity contribution >= 4 is 29.2 Å². The minimum absolute atomic E-state index is 0.00918. The average molecular weight is 412 g/mol. The summed E-state index contributed by atoms with van der Waals surface area (Å²) < 4.78 is 11.1. The number of amides is 1. The standard InChI is InChI=1S/C21H18ClN3O4/c1-13(19-23-24-20(29-19)14-6-3-2-4-7-14)28-21(27)15-9-10-16(22)17(12-15)25-11-5-8-18(25)26/h2-4,6-7,9-10,12-13H,5,8,11H2,1H3/t13-/m1/s1. The molecule has 0 saturated carbocycles. The van der Waals surface area contributed by atoms with Crippen LogP contribution < -0.4 is 4.90 Å². The van der Waals surface area contributed by atoms with E-state index in [1.807, 2.05) is 30.3 Å². The lowest BCUT2D eigenvalue weighted by atomic mass is 10.2. The molecular formula is C21H18ClN3O4. The Hall–Kier alpha value is -3.19. The molecule has 3 aromatic rings. The highest BCUT2D eigenvalue weighted by atomic mass is 35.5. The Morgan fingerprint density at radius 2 is 2.00 bits per heavy atom. The molecule has 0 bridgehead atoms. The van der Waals surface area contributed by atoms with E-state index in [9.17, 15) is 9.59 Å². The molecule has 1 aliphatic heterocycles. The Kier molecular flexibility index (Phi) is 5.31. The van der Waals surface area contributed by atoms with Crippen molar-refractivity contribution in [3.63, 3.8) is 0 Å². The smallest absolute Gasteiger partial charge is 0.338 e. The van der Waals surface area contributed by atoms with Crippen LogP contribution in [0.4, 0.5) is 5.69 Å². The molecule has 0 aliphatic carbocycles. The highest BCUT2D eigenvalue weighted by molar-refractivity contribution is 6.34. The molecule has 29 heavy (non-hydrogen) atoms. The molecule has 2 heterocycles. The number of nitrogens with zero attached hydrogens (tertiary/aromatic N) is 3. The van der Waals surface area contributed by atoms with Crippen LogP contribution in [-0.4, -0.2) is 28.6 Å². The number of aromatic nitrogens is 2. The number of esters is 1. The lowest BCUT2D eigenvalue weighted by molar-refractivity contribution is -0.117. The quantitative estimate of drug-likeness (QED) is 0.577. The van der Waals surface area contributed by atoms with E-state index in [1.54, 1.807) is 30.0 Å². The highest BCUT2D eigenvalue weighted by Crippen LogP contribution is 2.31. The second-order valence-electron chi connectivity index (χ2n) is 6.67. The van der Waals surface area contributed by atoms with Crippen molar-refractivity contribution < 1.29 is 18.7 Å². The van der Waals surface area contributed by atoms with Crippen LogP contribution in [0.2, 0.25) is 5.02 Å². The zero-order valence-corrected chi connectivity index (χ0v) is 16.4. The number of carbonyl (C=O) groups is 2. The number of rotatable bonds is 5. The Morgan fingerprint density at radius 1 is 1.21 bits per heavy atom. The molecule has 0 unspecified atom stereocenters. The lowest BCUT2D eigenvalue weighted by Crippen LogP contribution is -2.24. The van der Waals surface area contributed by atoms with Gasteiger partial charge >= 0.3 is 5.97 Å². The first kappa shape index (κ1) is 19.1. The Labute approximate surface area is 172 Å². The third-order valence-electron chi connectivity index (χ3n) is 4.64. The van der Waals surface area contributed by atoms with Gasteiger partial charge in [-0.2, -0.15) is 0 Å². The monoisotopic (exact) mass is 411 g/mol. The molecular weight excluding hydrogens is 394 g/mol. The normalized spacial score (nSPS) is 14.8. The van der Waals surface area contributed by atoms with Gasteiger partial charge in [0.15, 0.2) is 6.10 Å². The van der Waals surface area contributed by atoms with E-state index in [0.29, 0.717) is 35.1 Å². The van der Waals surface area contributed by atoms with Crippen LogP contribution in [0.3, 0.4) is 0 Å².